The largest absolute Gasteiger partial charge is 0.492 e. The molecule has 0 aromatic heterocycles. The van der Waals surface area contributed by atoms with E-state index in [2.05, 4.69) is 0 Å². The van der Waals surface area contributed by atoms with Crippen LogP contribution >= 0.6 is 23.2 Å². The number of halogens is 2. The van der Waals surface area contributed by atoms with Gasteiger partial charge in [0.05, 0.1) is 13.7 Å². The van der Waals surface area contributed by atoms with Crippen molar-refractivity contribution in [1.29, 1.82) is 0 Å². The highest BCUT2D eigenvalue weighted by molar-refractivity contribution is 6.34. The van der Waals surface area contributed by atoms with Crippen molar-refractivity contribution >= 4 is 35.3 Å². The molecule has 2 aromatic rings. The minimum atomic E-state index is -0.987. The Bertz CT molecular complexity index is 886. The summed E-state index contributed by atoms with van der Waals surface area (Å²) in [5.74, 6) is -0.362. The van der Waals surface area contributed by atoms with Gasteiger partial charge in [0.1, 0.15) is 12.4 Å². The van der Waals surface area contributed by atoms with Gasteiger partial charge in [-0.1, -0.05) is 35.3 Å². The quantitative estimate of drug-likeness (QED) is 0.414. The van der Waals surface area contributed by atoms with Crippen molar-refractivity contribution in [3.63, 3.8) is 0 Å². The molecule has 0 heterocycles. The molecule has 2 rings (SSSR count). The fraction of sp³-hybridized carbons (Fsp3) is 0.417. The van der Waals surface area contributed by atoms with Crippen LogP contribution in [0.15, 0.2) is 42.5 Å². The van der Waals surface area contributed by atoms with Gasteiger partial charge in [0.25, 0.3) is 0 Å². The van der Waals surface area contributed by atoms with Crippen LogP contribution < -0.4 is 4.74 Å². The molecule has 33 heavy (non-hydrogen) atoms. The monoisotopic (exact) mass is 497 g/mol. The number of hydrogen-bond acceptors (Lipinski definition) is 5. The third kappa shape index (κ3) is 9.50. The highest BCUT2D eigenvalue weighted by Gasteiger charge is 2.18. The summed E-state index contributed by atoms with van der Waals surface area (Å²) in [5, 5.41) is 10.4. The zero-order valence-corrected chi connectivity index (χ0v) is 20.3. The molecule has 1 N–H and O–H groups in total. The van der Waals surface area contributed by atoms with Gasteiger partial charge in [-0.2, -0.15) is 0 Å². The Hall–Kier alpha value is -2.48. The average molecular weight is 498 g/mol. The van der Waals surface area contributed by atoms with Gasteiger partial charge in [0, 0.05) is 29.6 Å². The lowest BCUT2D eigenvalue weighted by molar-refractivity contribution is -0.149. The van der Waals surface area contributed by atoms with Crippen molar-refractivity contribution in [2.45, 2.75) is 32.3 Å². The lowest BCUT2D eigenvalue weighted by Crippen LogP contribution is -2.35. The lowest BCUT2D eigenvalue weighted by atomic mass is 10.1. The third-order valence-electron chi connectivity index (χ3n) is 4.87. The summed E-state index contributed by atoms with van der Waals surface area (Å²) in [5.41, 5.74) is 1.84. The van der Waals surface area contributed by atoms with E-state index in [0.29, 0.717) is 41.9 Å². The molecule has 0 radical (unpaired) electrons. The maximum atomic E-state index is 12.1. The van der Waals surface area contributed by atoms with Crippen LogP contribution in [0.4, 0.5) is 4.79 Å². The molecule has 0 bridgehead atoms. The minimum Gasteiger partial charge on any atom is -0.492 e. The van der Waals surface area contributed by atoms with E-state index >= 15 is 0 Å². The Morgan fingerprint density at radius 2 is 1.70 bits per heavy atom. The smallest absolute Gasteiger partial charge is 0.409 e. The van der Waals surface area contributed by atoms with Crippen molar-refractivity contribution in [2.24, 2.45) is 0 Å². The number of aryl methyl sites for hydroxylation is 1. The first-order valence-corrected chi connectivity index (χ1v) is 11.4. The summed E-state index contributed by atoms with van der Waals surface area (Å²) in [6, 6.07) is 12.5. The number of benzene rings is 2. The summed E-state index contributed by atoms with van der Waals surface area (Å²) in [7, 11) is 1.35. The van der Waals surface area contributed by atoms with Gasteiger partial charge in [0.2, 0.25) is 0 Å². The molecule has 1 unspecified atom stereocenters. The predicted molar refractivity (Wildman–Crippen MR) is 127 cm³/mol. The van der Waals surface area contributed by atoms with Gasteiger partial charge in [-0.15, -0.1) is 0 Å². The van der Waals surface area contributed by atoms with Crippen LogP contribution in [-0.2, 0) is 27.1 Å². The van der Waals surface area contributed by atoms with Gasteiger partial charge >= 0.3 is 12.1 Å². The van der Waals surface area contributed by atoms with E-state index in [-0.39, 0.29) is 13.0 Å². The molecule has 0 aliphatic carbocycles. The molecule has 1 atom stereocenters. The predicted octanol–water partition coefficient (Wildman–Crippen LogP) is 5.11. The number of nitrogens with zero attached hydrogens (tertiary/aromatic N) is 1. The normalized spacial score (nSPS) is 11.6. The molecule has 180 valence electrons. The number of carbonyl (C=O) groups is 2. The first-order valence-electron chi connectivity index (χ1n) is 10.7. The van der Waals surface area contributed by atoms with Crippen LogP contribution in [0.25, 0.3) is 0 Å². The Kier molecular flexibility index (Phi) is 11.3. The van der Waals surface area contributed by atoms with E-state index in [9.17, 15) is 14.7 Å². The number of hydrogen-bond donors (Lipinski definition) is 1. The molecule has 0 saturated carbocycles. The highest BCUT2D eigenvalue weighted by Crippen LogP contribution is 2.20. The van der Waals surface area contributed by atoms with Crippen LogP contribution in [0.2, 0.25) is 10.0 Å². The van der Waals surface area contributed by atoms with E-state index < -0.39 is 18.2 Å². The van der Waals surface area contributed by atoms with Gasteiger partial charge in [-0.3, -0.25) is 0 Å². The molecule has 1 amide bonds. The Morgan fingerprint density at radius 3 is 2.27 bits per heavy atom. The molecule has 0 aliphatic heterocycles. The van der Waals surface area contributed by atoms with Crippen molar-refractivity contribution in [3.05, 3.63) is 63.6 Å². The summed E-state index contributed by atoms with van der Waals surface area (Å²) in [4.78, 5) is 24.9. The number of aliphatic carboxylic acids is 1. The summed E-state index contributed by atoms with van der Waals surface area (Å²) < 4.78 is 15.9. The van der Waals surface area contributed by atoms with Crippen molar-refractivity contribution < 1.29 is 28.9 Å². The second-order valence-electron chi connectivity index (χ2n) is 7.32. The van der Waals surface area contributed by atoms with Gasteiger partial charge < -0.3 is 24.2 Å². The number of amides is 1. The SMILES string of the molecule is CCOC(Cc1ccc(OCCN(CCCc2cc(Cl)cc(Cl)c2)C(=O)OC)cc1)C(=O)O. The summed E-state index contributed by atoms with van der Waals surface area (Å²) in [6.07, 6.45) is 0.407. The second-order valence-corrected chi connectivity index (χ2v) is 8.19. The van der Waals surface area contributed by atoms with Gasteiger partial charge in [-0.05, 0) is 61.2 Å². The van der Waals surface area contributed by atoms with Crippen molar-refractivity contribution in [2.75, 3.05) is 33.4 Å². The number of methoxy groups -OCH3 is 1. The number of rotatable bonds is 13. The molecule has 2 aromatic carbocycles. The van der Waals surface area contributed by atoms with Gasteiger partial charge in [-0.25, -0.2) is 9.59 Å². The van der Waals surface area contributed by atoms with E-state index in [1.54, 1.807) is 42.2 Å². The number of carbonyl (C=O) groups excluding carboxylic acids is 1. The number of carboxylic acids is 1. The summed E-state index contributed by atoms with van der Waals surface area (Å²) in [6.45, 7) is 3.23. The van der Waals surface area contributed by atoms with E-state index in [1.165, 1.54) is 7.11 Å². The molecule has 9 heteroatoms. The van der Waals surface area contributed by atoms with Crippen LogP contribution in [0.3, 0.4) is 0 Å². The number of ether oxygens (including phenoxy) is 3. The molecular weight excluding hydrogens is 469 g/mol. The Morgan fingerprint density at radius 1 is 1.03 bits per heavy atom. The molecule has 0 spiro atoms. The van der Waals surface area contributed by atoms with Crippen LogP contribution in [-0.4, -0.2) is 61.6 Å². The lowest BCUT2D eigenvalue weighted by Gasteiger charge is -2.21. The molecular formula is C24H29Cl2NO6. The van der Waals surface area contributed by atoms with Crippen molar-refractivity contribution in [3.8, 4) is 5.75 Å². The fourth-order valence-corrected chi connectivity index (χ4v) is 3.85. The average Bonchev–Trinajstić information content (AvgIpc) is 2.77. The Balaban J connectivity index is 1.83. The molecule has 0 saturated heterocycles. The van der Waals surface area contributed by atoms with Crippen LogP contribution in [0.1, 0.15) is 24.5 Å². The zero-order chi connectivity index (χ0) is 24.2. The van der Waals surface area contributed by atoms with E-state index in [1.807, 2.05) is 12.1 Å². The third-order valence-corrected chi connectivity index (χ3v) is 5.30. The molecule has 0 aliphatic rings. The topological polar surface area (TPSA) is 85.3 Å². The molecule has 0 fully saturated rings. The van der Waals surface area contributed by atoms with Gasteiger partial charge in [0.15, 0.2) is 6.10 Å². The maximum absolute atomic E-state index is 12.1. The maximum Gasteiger partial charge on any atom is 0.409 e. The summed E-state index contributed by atoms with van der Waals surface area (Å²) >= 11 is 12.1. The fourth-order valence-electron chi connectivity index (χ4n) is 3.28. The highest BCUT2D eigenvalue weighted by atomic mass is 35.5. The first kappa shape index (κ1) is 26.8. The van der Waals surface area contributed by atoms with Crippen molar-refractivity contribution in [1.82, 2.24) is 4.90 Å². The first-order chi connectivity index (χ1) is 15.8. The molecule has 7 nitrogen and oxygen atoms in total. The zero-order valence-electron chi connectivity index (χ0n) is 18.8. The van der Waals surface area contributed by atoms with Crippen LogP contribution in [0, 0.1) is 0 Å². The standard InChI is InChI=1S/C24H29Cl2NO6/c1-3-32-22(23(28)29)15-17-6-8-21(9-7-17)33-12-11-27(24(30)31-2)10-4-5-18-13-19(25)16-20(26)14-18/h6-9,13-14,16,22H,3-5,10-12,15H2,1-2H3,(H,28,29). The second kappa shape index (κ2) is 13.9. The van der Waals surface area contributed by atoms with Crippen LogP contribution in [0.5, 0.6) is 5.75 Å². The van der Waals surface area contributed by atoms with E-state index in [0.717, 1.165) is 17.5 Å². The minimum absolute atomic E-state index is 0.275. The van der Waals surface area contributed by atoms with E-state index in [4.69, 9.17) is 37.4 Å². The Labute approximate surface area is 204 Å². The number of carboxylic acid groups (broad SMARTS) is 1.